The number of nitrogens with one attached hydrogen (secondary N) is 4. The fourth-order valence-electron chi connectivity index (χ4n) is 8.09. The van der Waals surface area contributed by atoms with Gasteiger partial charge in [0.15, 0.2) is 0 Å². The third-order valence-corrected chi connectivity index (χ3v) is 13.2. The second-order valence-electron chi connectivity index (χ2n) is 17.6. The van der Waals surface area contributed by atoms with Gasteiger partial charge in [0.05, 0.1) is 18.8 Å². The molecule has 0 radical (unpaired) electrons. The van der Waals surface area contributed by atoms with Crippen LogP contribution in [0.3, 0.4) is 0 Å². The molecule has 0 bridgehead atoms. The van der Waals surface area contributed by atoms with Crippen LogP contribution in [0.4, 0.5) is 9.59 Å². The van der Waals surface area contributed by atoms with Crippen molar-refractivity contribution in [1.29, 1.82) is 0 Å². The van der Waals surface area contributed by atoms with Gasteiger partial charge in [0, 0.05) is 45.7 Å². The molecular formula is C42H65N7O9S. The highest BCUT2D eigenvalue weighted by Crippen LogP contribution is 2.40. The highest BCUT2D eigenvalue weighted by Gasteiger charge is 2.49. The Morgan fingerprint density at radius 3 is 2.31 bits per heavy atom. The number of likely N-dealkylation sites (tertiary alicyclic amines) is 1. The zero-order chi connectivity index (χ0) is 43.7. The van der Waals surface area contributed by atoms with E-state index in [1.165, 1.54) is 18.0 Å². The van der Waals surface area contributed by atoms with Gasteiger partial charge in [-0.2, -0.15) is 0 Å². The molecule has 3 aliphatic rings. The molecule has 6 amide bonds. The van der Waals surface area contributed by atoms with Gasteiger partial charge in [0.1, 0.15) is 18.2 Å². The molecule has 59 heavy (non-hydrogen) atoms. The summed E-state index contributed by atoms with van der Waals surface area (Å²) in [6, 6.07) is 3.00. The van der Waals surface area contributed by atoms with Crippen LogP contribution in [0.15, 0.2) is 36.9 Å². The molecule has 1 aromatic carbocycles. The Hall–Kier alpha value is -4.51. The largest absolute Gasteiger partial charge is 0.444 e. The van der Waals surface area contributed by atoms with Crippen molar-refractivity contribution in [2.75, 3.05) is 39.5 Å². The molecule has 1 saturated heterocycles. The van der Waals surface area contributed by atoms with Crippen LogP contribution in [0.25, 0.3) is 0 Å². The maximum atomic E-state index is 15.1. The summed E-state index contributed by atoms with van der Waals surface area (Å²) >= 11 is 0. The summed E-state index contributed by atoms with van der Waals surface area (Å²) in [5, 5.41) is 11.0. The van der Waals surface area contributed by atoms with E-state index in [0.29, 0.717) is 38.8 Å². The van der Waals surface area contributed by atoms with Crippen molar-refractivity contribution in [3.63, 3.8) is 0 Å². The minimum Gasteiger partial charge on any atom is -0.444 e. The van der Waals surface area contributed by atoms with E-state index in [-0.39, 0.29) is 32.5 Å². The van der Waals surface area contributed by atoms with Gasteiger partial charge in [0.25, 0.3) is 5.91 Å². The Morgan fingerprint density at radius 1 is 1.03 bits per heavy atom. The second-order valence-corrected chi connectivity index (χ2v) is 19.7. The molecule has 328 valence electrons. The lowest BCUT2D eigenvalue weighted by Gasteiger charge is -2.43. The number of likely N-dealkylation sites (N-methyl/N-ethyl adjacent to an activating group) is 1. The van der Waals surface area contributed by atoms with Crippen molar-refractivity contribution in [2.45, 2.75) is 129 Å². The van der Waals surface area contributed by atoms with Crippen LogP contribution in [0, 0.1) is 10.8 Å². The van der Waals surface area contributed by atoms with Crippen molar-refractivity contribution in [3.05, 3.63) is 48.0 Å². The molecule has 17 heteroatoms. The highest BCUT2D eigenvalue weighted by molar-refractivity contribution is 7.88. The normalized spacial score (nSPS) is 20.7. The van der Waals surface area contributed by atoms with E-state index >= 15 is 4.79 Å². The third-order valence-electron chi connectivity index (χ3n) is 11.9. The maximum Gasteiger partial charge on any atom is 0.410 e. The van der Waals surface area contributed by atoms with Gasteiger partial charge in [0.2, 0.25) is 27.6 Å². The van der Waals surface area contributed by atoms with Gasteiger partial charge in [-0.1, -0.05) is 90.6 Å². The summed E-state index contributed by atoms with van der Waals surface area (Å²) < 4.78 is 31.8. The van der Waals surface area contributed by atoms with Gasteiger partial charge in [-0.15, -0.1) is 6.58 Å². The summed E-state index contributed by atoms with van der Waals surface area (Å²) in [6.07, 6.45) is 6.01. The fourth-order valence-corrected chi connectivity index (χ4v) is 8.51. The molecule has 4 rings (SSSR count). The molecule has 16 nitrogen and oxygen atoms in total. The number of carbonyl (C=O) groups excluding carboxylic acids is 6. The Morgan fingerprint density at radius 2 is 1.69 bits per heavy atom. The Kier molecular flexibility index (Phi) is 16.1. The number of carbonyl (C=O) groups is 6. The molecule has 2 fully saturated rings. The summed E-state index contributed by atoms with van der Waals surface area (Å²) in [4.78, 5) is 85.8. The highest BCUT2D eigenvalue weighted by atomic mass is 32.2. The average molecular weight is 844 g/mol. The SMILES string of the molecule is C=CCNC(=O)C(=O)C(CCC)NC(=O)[C@@H]1C[C@@H](OC(=O)N2CCc3ccccc3C2)CN1C(=O)[C@@H](NC(=O)N[C@H](CN(C)S(C)(=O)=O)C(C)(C)C)C1(C)CCCCC1. The van der Waals surface area contributed by atoms with E-state index in [9.17, 15) is 32.4 Å². The molecule has 1 aromatic rings. The molecule has 2 aliphatic heterocycles. The van der Waals surface area contributed by atoms with Crippen LogP contribution >= 0.6 is 0 Å². The first-order valence-corrected chi connectivity index (χ1v) is 22.6. The van der Waals surface area contributed by atoms with Gasteiger partial charge in [-0.25, -0.2) is 22.3 Å². The van der Waals surface area contributed by atoms with E-state index in [2.05, 4.69) is 27.8 Å². The van der Waals surface area contributed by atoms with Crippen molar-refractivity contribution < 1.29 is 41.9 Å². The number of rotatable bonds is 16. The summed E-state index contributed by atoms with van der Waals surface area (Å²) in [7, 11) is -2.14. The van der Waals surface area contributed by atoms with Gasteiger partial charge >= 0.3 is 12.1 Å². The lowest BCUT2D eigenvalue weighted by molar-refractivity contribution is -0.144. The first-order chi connectivity index (χ1) is 27.7. The number of ketones is 1. The summed E-state index contributed by atoms with van der Waals surface area (Å²) in [5.74, 6) is -2.97. The Balaban J connectivity index is 1.65. The molecule has 4 N–H and O–H groups in total. The third kappa shape index (κ3) is 12.5. The number of nitrogens with zero attached hydrogens (tertiary/aromatic N) is 3. The van der Waals surface area contributed by atoms with Crippen LogP contribution in [0.5, 0.6) is 0 Å². The number of urea groups is 1. The van der Waals surface area contributed by atoms with Crippen molar-refractivity contribution in [1.82, 2.24) is 35.4 Å². The first kappa shape index (κ1) is 47.2. The van der Waals surface area contributed by atoms with Gasteiger partial charge in [-0.05, 0) is 47.6 Å². The second kappa shape index (κ2) is 20.2. The van der Waals surface area contributed by atoms with Gasteiger partial charge in [-0.3, -0.25) is 19.2 Å². The Labute approximate surface area is 349 Å². The van der Waals surface area contributed by atoms with E-state index in [1.807, 2.05) is 58.9 Å². The van der Waals surface area contributed by atoms with Crippen molar-refractivity contribution >= 4 is 45.7 Å². The quantitative estimate of drug-likeness (QED) is 0.142. The monoisotopic (exact) mass is 843 g/mol. The summed E-state index contributed by atoms with van der Waals surface area (Å²) in [5.41, 5.74) is 0.847. The van der Waals surface area contributed by atoms with E-state index in [1.54, 1.807) is 4.90 Å². The lowest BCUT2D eigenvalue weighted by Crippen LogP contribution is -2.63. The molecule has 0 spiro atoms. The van der Waals surface area contributed by atoms with Crippen LogP contribution in [-0.2, 0) is 46.9 Å². The topological polar surface area (TPSA) is 204 Å². The number of ether oxygens (including phenoxy) is 1. The number of hydrogen-bond acceptors (Lipinski definition) is 9. The standard InChI is InChI=1S/C42H65N7O9S/c1-9-16-31(34(50)37(52)43-22-10-2)44-36(51)32-24-30(58-40(55)48-23-19-28-17-12-13-18-29(28)25-48)26-49(32)38(53)35(42(6)20-14-11-15-21-42)46-39(54)45-33(41(3,4)5)27-47(7)59(8,56)57/h10,12-13,17-18,30-33,35H,2,9,11,14-16,19-27H2,1,3-8H3,(H,43,52)(H,44,51)(H2,45,46,54)/t30-,31?,32+,33-,35-/m1/s1. The number of sulfonamides is 1. The number of fused-ring (bicyclic) bond motifs is 1. The zero-order valence-corrected chi connectivity index (χ0v) is 36.6. The minimum atomic E-state index is -3.57. The molecule has 2 heterocycles. The smallest absolute Gasteiger partial charge is 0.410 e. The van der Waals surface area contributed by atoms with Crippen LogP contribution in [0.2, 0.25) is 0 Å². The minimum absolute atomic E-state index is 0.0150. The predicted octanol–water partition coefficient (Wildman–Crippen LogP) is 3.25. The fraction of sp³-hybridized carbons (Fsp3) is 0.667. The lowest BCUT2D eigenvalue weighted by atomic mass is 9.70. The Bertz CT molecular complexity index is 1830. The molecule has 0 aromatic heterocycles. The molecular weight excluding hydrogens is 779 g/mol. The number of amides is 6. The van der Waals surface area contributed by atoms with Gasteiger partial charge < -0.3 is 35.8 Å². The molecule has 1 aliphatic carbocycles. The van der Waals surface area contributed by atoms with Crippen molar-refractivity contribution in [2.24, 2.45) is 10.8 Å². The summed E-state index contributed by atoms with van der Waals surface area (Å²) in [6.45, 7) is 13.6. The first-order valence-electron chi connectivity index (χ1n) is 20.7. The molecule has 1 saturated carbocycles. The predicted molar refractivity (Wildman–Crippen MR) is 223 cm³/mol. The van der Waals surface area contributed by atoms with E-state index in [0.717, 1.165) is 41.0 Å². The van der Waals surface area contributed by atoms with Crippen molar-refractivity contribution in [3.8, 4) is 0 Å². The average Bonchev–Trinajstić information content (AvgIpc) is 3.61. The number of benzene rings is 1. The van der Waals surface area contributed by atoms with E-state index < -0.39 is 86.8 Å². The van der Waals surface area contributed by atoms with Crippen LogP contribution in [0.1, 0.15) is 97.1 Å². The number of hydrogen-bond donors (Lipinski definition) is 4. The maximum absolute atomic E-state index is 15.1. The zero-order valence-electron chi connectivity index (χ0n) is 35.8. The number of Topliss-reactive ketones (excluding diaryl/α,β-unsaturated/α-hetero) is 1. The molecule has 5 atom stereocenters. The van der Waals surface area contributed by atoms with E-state index in [4.69, 9.17) is 4.74 Å². The van der Waals surface area contributed by atoms with Crippen LogP contribution in [-0.4, -0.2) is 128 Å². The molecule has 1 unspecified atom stereocenters. The van der Waals surface area contributed by atoms with Crippen LogP contribution < -0.4 is 21.3 Å².